The first-order valence-electron chi connectivity index (χ1n) is 8.24. The molecule has 3 aromatic rings. The van der Waals surface area contributed by atoms with E-state index in [1.54, 1.807) is 6.07 Å². The lowest BCUT2D eigenvalue weighted by Gasteiger charge is -2.24. The summed E-state index contributed by atoms with van der Waals surface area (Å²) in [5.74, 6) is -0.225. The van der Waals surface area contributed by atoms with E-state index >= 15 is 0 Å². The van der Waals surface area contributed by atoms with Gasteiger partial charge in [0.25, 0.3) is 0 Å². The predicted molar refractivity (Wildman–Crippen MR) is 108 cm³/mol. The van der Waals surface area contributed by atoms with Crippen molar-refractivity contribution in [1.82, 2.24) is 0 Å². The monoisotopic (exact) mass is 428 g/mol. The smallest absolute Gasteiger partial charge is 0.128 e. The normalized spacial score (nSPS) is 16.7. The Kier molecular flexibility index (Phi) is 4.79. The van der Waals surface area contributed by atoms with Crippen molar-refractivity contribution in [3.05, 3.63) is 99.2 Å². The summed E-state index contributed by atoms with van der Waals surface area (Å²) >= 11 is 9.62. The number of hydrogen-bond acceptors (Lipinski definition) is 2. The molecule has 0 saturated carbocycles. The molecule has 130 valence electrons. The molecule has 3 aromatic carbocycles. The summed E-state index contributed by atoms with van der Waals surface area (Å²) in [5.41, 5.74) is 3.42. The summed E-state index contributed by atoms with van der Waals surface area (Å²) in [5, 5.41) is 7.30. The third kappa shape index (κ3) is 3.39. The Bertz CT molecular complexity index is 972. The van der Waals surface area contributed by atoms with Gasteiger partial charge in [-0.25, -0.2) is 4.39 Å². The maximum atomic E-state index is 14.5. The second kappa shape index (κ2) is 7.22. The van der Waals surface area contributed by atoms with Gasteiger partial charge in [0.05, 0.1) is 17.4 Å². The third-order valence-corrected chi connectivity index (χ3v) is 5.19. The van der Waals surface area contributed by atoms with Crippen molar-refractivity contribution in [3.8, 4) is 0 Å². The molecule has 0 radical (unpaired) electrons. The summed E-state index contributed by atoms with van der Waals surface area (Å²) in [6.45, 7) is 0. The Morgan fingerprint density at radius 3 is 2.50 bits per heavy atom. The van der Waals surface area contributed by atoms with Crippen LogP contribution in [0.15, 0.2) is 82.4 Å². The van der Waals surface area contributed by atoms with Crippen LogP contribution in [0, 0.1) is 5.82 Å². The molecule has 1 aliphatic rings. The van der Waals surface area contributed by atoms with E-state index in [1.165, 1.54) is 6.07 Å². The molecule has 1 atom stereocenters. The average molecular weight is 430 g/mol. The molecule has 0 aromatic heterocycles. The molecule has 1 heterocycles. The van der Waals surface area contributed by atoms with Crippen molar-refractivity contribution in [2.75, 3.05) is 5.01 Å². The van der Waals surface area contributed by atoms with Crippen LogP contribution in [0.5, 0.6) is 0 Å². The van der Waals surface area contributed by atoms with Gasteiger partial charge >= 0.3 is 0 Å². The highest BCUT2D eigenvalue weighted by atomic mass is 79.9. The number of rotatable bonds is 3. The zero-order valence-electron chi connectivity index (χ0n) is 13.7. The molecule has 0 unspecified atom stereocenters. The van der Waals surface area contributed by atoms with Gasteiger partial charge in [0, 0.05) is 21.5 Å². The average Bonchev–Trinajstić information content (AvgIpc) is 3.08. The van der Waals surface area contributed by atoms with Gasteiger partial charge in [-0.05, 0) is 42.0 Å². The van der Waals surface area contributed by atoms with E-state index in [0.29, 0.717) is 17.0 Å². The fourth-order valence-electron chi connectivity index (χ4n) is 3.17. The highest BCUT2D eigenvalue weighted by Gasteiger charge is 2.31. The topological polar surface area (TPSA) is 15.6 Å². The molecular formula is C21H15BrClFN2. The van der Waals surface area contributed by atoms with E-state index in [4.69, 9.17) is 16.7 Å². The first-order valence-corrected chi connectivity index (χ1v) is 9.41. The van der Waals surface area contributed by atoms with Crippen LogP contribution in [-0.4, -0.2) is 5.71 Å². The van der Waals surface area contributed by atoms with Crippen LogP contribution in [-0.2, 0) is 0 Å². The summed E-state index contributed by atoms with van der Waals surface area (Å²) in [6, 6.07) is 22.1. The van der Waals surface area contributed by atoms with Gasteiger partial charge in [0.15, 0.2) is 0 Å². The van der Waals surface area contributed by atoms with Crippen molar-refractivity contribution in [2.24, 2.45) is 5.10 Å². The minimum atomic E-state index is -0.225. The fourth-order valence-corrected chi connectivity index (χ4v) is 3.62. The molecule has 2 nitrogen and oxygen atoms in total. The molecule has 4 rings (SSSR count). The Morgan fingerprint density at radius 2 is 1.77 bits per heavy atom. The van der Waals surface area contributed by atoms with Crippen molar-refractivity contribution in [1.29, 1.82) is 0 Å². The Hall–Kier alpha value is -2.17. The van der Waals surface area contributed by atoms with Crippen molar-refractivity contribution in [2.45, 2.75) is 12.5 Å². The number of anilines is 1. The second-order valence-corrected chi connectivity index (χ2v) is 7.47. The Balaban J connectivity index is 1.78. The van der Waals surface area contributed by atoms with Crippen LogP contribution in [0.1, 0.15) is 23.6 Å². The van der Waals surface area contributed by atoms with Gasteiger partial charge < -0.3 is 0 Å². The maximum Gasteiger partial charge on any atom is 0.128 e. The van der Waals surface area contributed by atoms with E-state index in [-0.39, 0.29) is 11.9 Å². The number of benzene rings is 3. The summed E-state index contributed by atoms with van der Waals surface area (Å²) in [7, 11) is 0. The zero-order chi connectivity index (χ0) is 18.1. The summed E-state index contributed by atoms with van der Waals surface area (Å²) < 4.78 is 15.5. The largest absolute Gasteiger partial charge is 0.257 e. The molecule has 0 amide bonds. The van der Waals surface area contributed by atoms with Crippen molar-refractivity contribution < 1.29 is 4.39 Å². The van der Waals surface area contributed by atoms with E-state index in [0.717, 1.165) is 21.4 Å². The molecule has 26 heavy (non-hydrogen) atoms. The Morgan fingerprint density at radius 1 is 1.00 bits per heavy atom. The summed E-state index contributed by atoms with van der Waals surface area (Å²) in [6.07, 6.45) is 0.620. The van der Waals surface area contributed by atoms with Crippen LogP contribution in [0.3, 0.4) is 0 Å². The van der Waals surface area contributed by atoms with Gasteiger partial charge in [-0.15, -0.1) is 0 Å². The SMILES string of the molecule is Fc1ccccc1[C@H]1CC(c2ccc(Br)cc2)=NN1c1cccc(Cl)c1. The maximum absolute atomic E-state index is 14.5. The van der Waals surface area contributed by atoms with Gasteiger partial charge in [-0.3, -0.25) is 5.01 Å². The van der Waals surface area contributed by atoms with Gasteiger partial charge in [-0.1, -0.05) is 63.9 Å². The van der Waals surface area contributed by atoms with Gasteiger partial charge in [0.1, 0.15) is 5.82 Å². The molecule has 0 aliphatic carbocycles. The van der Waals surface area contributed by atoms with Crippen LogP contribution >= 0.6 is 27.5 Å². The quantitative estimate of drug-likeness (QED) is 0.458. The first-order chi connectivity index (χ1) is 12.6. The van der Waals surface area contributed by atoms with E-state index in [2.05, 4.69) is 15.9 Å². The molecule has 5 heteroatoms. The van der Waals surface area contributed by atoms with Crippen molar-refractivity contribution in [3.63, 3.8) is 0 Å². The lowest BCUT2D eigenvalue weighted by molar-refractivity contribution is 0.579. The van der Waals surface area contributed by atoms with Crippen molar-refractivity contribution >= 4 is 38.9 Å². The molecule has 1 aliphatic heterocycles. The van der Waals surface area contributed by atoms with Gasteiger partial charge in [-0.2, -0.15) is 5.10 Å². The van der Waals surface area contributed by atoms with Crippen LogP contribution in [0.25, 0.3) is 0 Å². The summed E-state index contributed by atoms with van der Waals surface area (Å²) in [4.78, 5) is 0. The molecule has 0 bridgehead atoms. The minimum absolute atomic E-state index is 0.215. The molecule has 0 saturated heterocycles. The molecule has 0 spiro atoms. The fraction of sp³-hybridized carbons (Fsp3) is 0.0952. The van der Waals surface area contributed by atoms with E-state index in [1.807, 2.05) is 65.7 Å². The van der Waals surface area contributed by atoms with E-state index < -0.39 is 0 Å². The highest BCUT2D eigenvalue weighted by molar-refractivity contribution is 9.10. The molecule has 0 N–H and O–H groups in total. The molecular weight excluding hydrogens is 415 g/mol. The highest BCUT2D eigenvalue weighted by Crippen LogP contribution is 2.38. The van der Waals surface area contributed by atoms with Crippen LogP contribution < -0.4 is 5.01 Å². The second-order valence-electron chi connectivity index (χ2n) is 6.12. The number of hydrogen-bond donors (Lipinski definition) is 0. The standard InChI is InChI=1S/C21H15BrClFN2/c22-15-10-8-14(9-11-15)20-13-21(18-6-1-2-7-19(18)24)26(25-20)17-5-3-4-16(23)12-17/h1-12,21H,13H2/t21-/m1/s1. The number of hydrazone groups is 1. The molecule has 0 fully saturated rings. The first kappa shape index (κ1) is 17.3. The van der Waals surface area contributed by atoms with Crippen LogP contribution in [0.4, 0.5) is 10.1 Å². The number of nitrogens with zero attached hydrogens (tertiary/aromatic N) is 2. The van der Waals surface area contributed by atoms with E-state index in [9.17, 15) is 4.39 Å². The third-order valence-electron chi connectivity index (χ3n) is 4.42. The Labute approximate surface area is 165 Å². The predicted octanol–water partition coefficient (Wildman–Crippen LogP) is 6.60. The van der Waals surface area contributed by atoms with Gasteiger partial charge in [0.2, 0.25) is 0 Å². The lowest BCUT2D eigenvalue weighted by atomic mass is 9.98. The lowest BCUT2D eigenvalue weighted by Crippen LogP contribution is -2.19. The number of halogens is 3. The van der Waals surface area contributed by atoms with Crippen LogP contribution in [0.2, 0.25) is 5.02 Å². The zero-order valence-corrected chi connectivity index (χ0v) is 16.1. The minimum Gasteiger partial charge on any atom is -0.257 e.